The number of terminal acetylenes is 2. The molecule has 0 radical (unpaired) electrons. The second kappa shape index (κ2) is 25.7. The van der Waals surface area contributed by atoms with E-state index in [1.54, 1.807) is 0 Å². The number of hydrogen-bond acceptors (Lipinski definition) is 0. The number of fused-ring (bicyclic) bond motifs is 7. The minimum atomic E-state index is 0.542. The van der Waals surface area contributed by atoms with Gasteiger partial charge in [-0.05, 0) is 101 Å². The smallest absolute Gasteiger partial charge is 0.0788 e. The van der Waals surface area contributed by atoms with E-state index in [1.807, 2.05) is 19.9 Å². The zero-order valence-electron chi connectivity index (χ0n) is 42.3. The van der Waals surface area contributed by atoms with Gasteiger partial charge in [0.05, 0.1) is 22.1 Å². The van der Waals surface area contributed by atoms with E-state index >= 15 is 0 Å². The Bertz CT molecular complexity index is 3470. The highest BCUT2D eigenvalue weighted by Gasteiger charge is 2.20. The number of para-hydroxylation sites is 3. The lowest BCUT2D eigenvalue weighted by Gasteiger charge is -2.18. The summed E-state index contributed by atoms with van der Waals surface area (Å²) in [5.41, 5.74) is 17.6. The predicted octanol–water partition coefficient (Wildman–Crippen LogP) is 19.4. The molecule has 11 rings (SSSR count). The van der Waals surface area contributed by atoms with Gasteiger partial charge in [0.15, 0.2) is 0 Å². The lowest BCUT2D eigenvalue weighted by Crippen LogP contribution is -1.97. The van der Waals surface area contributed by atoms with E-state index in [-0.39, 0.29) is 0 Å². The van der Waals surface area contributed by atoms with Crippen molar-refractivity contribution in [2.75, 3.05) is 0 Å². The van der Waals surface area contributed by atoms with Crippen LogP contribution in [-0.4, -0.2) is 9.13 Å². The number of hydrogen-bond donors (Lipinski definition) is 0. The van der Waals surface area contributed by atoms with Gasteiger partial charge < -0.3 is 9.13 Å². The normalized spacial score (nSPS) is 10.7. The lowest BCUT2D eigenvalue weighted by atomic mass is 9.86. The molecule has 2 aromatic heterocycles. The highest BCUT2D eigenvalue weighted by molar-refractivity contribution is 6.24. The van der Waals surface area contributed by atoms with Crippen molar-refractivity contribution >= 4 is 49.3 Å². The van der Waals surface area contributed by atoms with E-state index in [2.05, 4.69) is 287 Å². The molecule has 0 N–H and O–H groups in total. The molecule has 2 heteroatoms. The van der Waals surface area contributed by atoms with Crippen LogP contribution in [-0.2, 0) is 6.42 Å². The fourth-order valence-electron chi connectivity index (χ4n) is 9.31. The van der Waals surface area contributed by atoms with Gasteiger partial charge in [0, 0.05) is 32.9 Å². The first-order valence-electron chi connectivity index (χ1n) is 24.7. The molecule has 0 amide bonds. The van der Waals surface area contributed by atoms with Gasteiger partial charge in [0.25, 0.3) is 0 Å². The molecule has 0 fully saturated rings. The van der Waals surface area contributed by atoms with Crippen LogP contribution in [0.1, 0.15) is 65.0 Å². The van der Waals surface area contributed by atoms with Crippen LogP contribution in [0.4, 0.5) is 0 Å². The first-order chi connectivity index (χ1) is 35.0. The summed E-state index contributed by atoms with van der Waals surface area (Å²) in [6, 6.07) is 80.0. The zero-order valence-corrected chi connectivity index (χ0v) is 42.3. The SMILES string of the molecule is C#C.C#C.C=C(C)n1c2ccccc2c2ccc3c4ccccc4n(-c4ccccc4)c3c21.CC.CCC(C)c1ccccc1-c1ccccc1-c1cccc(-c2ccccc2)c1.CCc1ccccc1. The Morgan fingerprint density at radius 1 is 0.451 bits per heavy atom. The molecule has 9 aromatic carbocycles. The topological polar surface area (TPSA) is 9.86 Å². The molecular formula is C69H66N2. The Labute approximate surface area is 423 Å². The molecule has 0 spiro atoms. The van der Waals surface area contributed by atoms with Gasteiger partial charge in [-0.2, -0.15) is 0 Å². The third kappa shape index (κ3) is 11.3. The van der Waals surface area contributed by atoms with Gasteiger partial charge in [-0.1, -0.05) is 235 Å². The standard InChI is InChI=1S/C28H26.C27H20N2.C8H10.C2H6.2C2H2/c1-3-21(2)25-16-7-9-18-27(25)28-19-10-8-17-26(28)24-15-11-14-23(20-24)22-12-5-4-6-13-22;1-18(2)28-24-14-8-6-12-20(24)22-16-17-23-21-13-7-9-15-25(21)29(27(23)26(22)28)19-10-4-3-5-11-19;1-2-8-6-4-3-5-7-8;3*1-2/h4-21H,3H2,1-2H3;3-17H,1H2,2H3;3-7H,2H2,1H3;1-2H3;2*1-2H. The van der Waals surface area contributed by atoms with Crippen LogP contribution in [0.15, 0.2) is 231 Å². The highest BCUT2D eigenvalue weighted by atomic mass is 15.0. The van der Waals surface area contributed by atoms with Crippen molar-refractivity contribution < 1.29 is 0 Å². The number of rotatable bonds is 8. The lowest BCUT2D eigenvalue weighted by molar-refractivity contribution is 0.735. The number of nitrogens with zero attached hydrogens (tertiary/aromatic N) is 2. The molecule has 1 unspecified atom stereocenters. The van der Waals surface area contributed by atoms with Crippen molar-refractivity contribution in [1.82, 2.24) is 9.13 Å². The molecule has 0 bridgehead atoms. The average molecular weight is 923 g/mol. The highest BCUT2D eigenvalue weighted by Crippen LogP contribution is 2.42. The Hall–Kier alpha value is -8.56. The summed E-state index contributed by atoms with van der Waals surface area (Å²) in [6.45, 7) is 17.1. The van der Waals surface area contributed by atoms with Crippen LogP contribution in [0, 0.1) is 25.7 Å². The molecule has 0 aliphatic rings. The third-order valence-corrected chi connectivity index (χ3v) is 12.7. The van der Waals surface area contributed by atoms with Crippen molar-refractivity contribution in [3.8, 4) is 64.8 Å². The maximum atomic E-state index is 4.31. The van der Waals surface area contributed by atoms with Crippen LogP contribution in [0.2, 0.25) is 0 Å². The summed E-state index contributed by atoms with van der Waals surface area (Å²) < 4.78 is 4.70. The molecule has 11 aromatic rings. The van der Waals surface area contributed by atoms with Gasteiger partial charge >= 0.3 is 0 Å². The monoisotopic (exact) mass is 923 g/mol. The van der Waals surface area contributed by atoms with Crippen LogP contribution in [0.5, 0.6) is 0 Å². The van der Waals surface area contributed by atoms with E-state index in [0.29, 0.717) is 5.92 Å². The van der Waals surface area contributed by atoms with Gasteiger partial charge in [-0.15, -0.1) is 25.7 Å². The Kier molecular flexibility index (Phi) is 18.8. The summed E-state index contributed by atoms with van der Waals surface area (Å²) in [7, 11) is 0. The second-order valence-electron chi connectivity index (χ2n) is 16.9. The summed E-state index contributed by atoms with van der Waals surface area (Å²) >= 11 is 0. The first-order valence-corrected chi connectivity index (χ1v) is 24.7. The van der Waals surface area contributed by atoms with Crippen molar-refractivity contribution in [1.29, 1.82) is 0 Å². The quantitative estimate of drug-likeness (QED) is 0.134. The van der Waals surface area contributed by atoms with Crippen molar-refractivity contribution in [2.24, 2.45) is 0 Å². The van der Waals surface area contributed by atoms with Gasteiger partial charge in [-0.25, -0.2) is 0 Å². The van der Waals surface area contributed by atoms with E-state index < -0.39 is 0 Å². The summed E-state index contributed by atoms with van der Waals surface area (Å²) in [5.74, 6) is 0.542. The number of allylic oxidation sites excluding steroid dienone is 1. The Morgan fingerprint density at radius 3 is 1.51 bits per heavy atom. The second-order valence-corrected chi connectivity index (χ2v) is 16.9. The van der Waals surface area contributed by atoms with Crippen molar-refractivity contribution in [3.05, 3.63) is 242 Å². The van der Waals surface area contributed by atoms with Crippen LogP contribution >= 0.6 is 0 Å². The first kappa shape index (κ1) is 51.8. The summed E-state index contributed by atoms with van der Waals surface area (Å²) in [4.78, 5) is 0. The summed E-state index contributed by atoms with van der Waals surface area (Å²) in [5, 5.41) is 5.06. The Morgan fingerprint density at radius 2 is 0.915 bits per heavy atom. The van der Waals surface area contributed by atoms with Crippen LogP contribution < -0.4 is 0 Å². The van der Waals surface area contributed by atoms with Gasteiger partial charge in [0.2, 0.25) is 0 Å². The van der Waals surface area contributed by atoms with E-state index in [1.165, 1.54) is 93.8 Å². The molecule has 0 saturated heterocycles. The zero-order chi connectivity index (χ0) is 50.7. The minimum absolute atomic E-state index is 0.542. The van der Waals surface area contributed by atoms with E-state index in [9.17, 15) is 0 Å². The molecule has 2 nitrogen and oxygen atoms in total. The molecule has 0 saturated carbocycles. The average Bonchev–Trinajstić information content (AvgIpc) is 3.99. The van der Waals surface area contributed by atoms with E-state index in [4.69, 9.17) is 0 Å². The molecule has 71 heavy (non-hydrogen) atoms. The van der Waals surface area contributed by atoms with Crippen LogP contribution in [0.25, 0.3) is 88.4 Å². The van der Waals surface area contributed by atoms with Crippen molar-refractivity contribution in [2.45, 2.75) is 60.3 Å². The van der Waals surface area contributed by atoms with E-state index in [0.717, 1.165) is 18.5 Å². The number of aryl methyl sites for hydroxylation is 1. The minimum Gasteiger partial charge on any atom is -0.312 e. The fourth-order valence-corrected chi connectivity index (χ4v) is 9.31. The molecule has 352 valence electrons. The maximum absolute atomic E-state index is 4.31. The maximum Gasteiger partial charge on any atom is 0.0788 e. The fraction of sp³-hybridized carbons (Fsp3) is 0.130. The summed E-state index contributed by atoms with van der Waals surface area (Å²) in [6.07, 6.45) is 18.3. The molecule has 0 aliphatic carbocycles. The predicted molar refractivity (Wildman–Crippen MR) is 313 cm³/mol. The number of aromatic nitrogens is 2. The van der Waals surface area contributed by atoms with Gasteiger partial charge in [0.1, 0.15) is 0 Å². The molecular weight excluding hydrogens is 857 g/mol. The number of benzene rings is 9. The molecule has 0 aliphatic heterocycles. The van der Waals surface area contributed by atoms with Gasteiger partial charge in [-0.3, -0.25) is 0 Å². The van der Waals surface area contributed by atoms with Crippen molar-refractivity contribution in [3.63, 3.8) is 0 Å². The third-order valence-electron chi connectivity index (χ3n) is 12.7. The molecule has 1 atom stereocenters. The largest absolute Gasteiger partial charge is 0.312 e. The molecule has 2 heterocycles. The Balaban J connectivity index is 0.000000185. The van der Waals surface area contributed by atoms with Crippen LogP contribution in [0.3, 0.4) is 0 Å².